The smallest absolute Gasteiger partial charge is 0.224 e. The zero-order chi connectivity index (χ0) is 13.9. The summed E-state index contributed by atoms with van der Waals surface area (Å²) in [6, 6.07) is 5.56. The molecule has 0 atom stereocenters. The molecular formula is C13H17NO4S. The van der Waals surface area contributed by atoms with Crippen LogP contribution in [-0.4, -0.2) is 32.9 Å². The summed E-state index contributed by atoms with van der Waals surface area (Å²) in [4.78, 5) is 11.3. The van der Waals surface area contributed by atoms with Gasteiger partial charge < -0.3 is 10.1 Å². The largest absolute Gasteiger partial charge is 0.493 e. The van der Waals surface area contributed by atoms with Gasteiger partial charge in [0, 0.05) is 24.4 Å². The number of nitrogens with one attached hydrogen (secondary N) is 1. The van der Waals surface area contributed by atoms with Crippen LogP contribution in [0.25, 0.3) is 0 Å². The highest BCUT2D eigenvalue weighted by Crippen LogP contribution is 2.27. The first-order chi connectivity index (χ1) is 8.94. The summed E-state index contributed by atoms with van der Waals surface area (Å²) in [7, 11) is -2.94. The number of aryl methyl sites for hydroxylation is 1. The van der Waals surface area contributed by atoms with Gasteiger partial charge in [-0.05, 0) is 24.5 Å². The molecule has 0 aromatic heterocycles. The third kappa shape index (κ3) is 4.24. The van der Waals surface area contributed by atoms with Gasteiger partial charge in [0.05, 0.1) is 12.4 Å². The van der Waals surface area contributed by atoms with Gasteiger partial charge in [-0.15, -0.1) is 0 Å². The first-order valence-electron chi connectivity index (χ1n) is 6.17. The summed E-state index contributed by atoms with van der Waals surface area (Å²) in [5, 5.41) is 2.80. The van der Waals surface area contributed by atoms with E-state index in [-0.39, 0.29) is 11.7 Å². The highest BCUT2D eigenvalue weighted by Gasteiger charge is 2.15. The average molecular weight is 283 g/mol. The van der Waals surface area contributed by atoms with Crippen LogP contribution in [0.1, 0.15) is 18.4 Å². The van der Waals surface area contributed by atoms with E-state index in [0.717, 1.165) is 17.7 Å². The molecule has 19 heavy (non-hydrogen) atoms. The Morgan fingerprint density at radius 2 is 2.11 bits per heavy atom. The molecule has 0 radical (unpaired) electrons. The number of ether oxygens (including phenoxy) is 1. The number of carbonyl (C=O) groups excluding carboxylic acids is 1. The highest BCUT2D eigenvalue weighted by molar-refractivity contribution is 7.90. The van der Waals surface area contributed by atoms with Crippen LogP contribution in [-0.2, 0) is 21.1 Å². The number of benzene rings is 1. The number of fused-ring (bicyclic) bond motifs is 1. The monoisotopic (exact) mass is 283 g/mol. The molecule has 1 aliphatic rings. The summed E-state index contributed by atoms with van der Waals surface area (Å²) in [6.07, 6.45) is 2.93. The van der Waals surface area contributed by atoms with Crippen molar-refractivity contribution in [1.29, 1.82) is 0 Å². The van der Waals surface area contributed by atoms with E-state index in [2.05, 4.69) is 5.32 Å². The molecule has 104 valence electrons. The Hall–Kier alpha value is -1.56. The second-order valence-corrected chi connectivity index (χ2v) is 6.96. The van der Waals surface area contributed by atoms with Crippen molar-refractivity contribution in [2.75, 3.05) is 23.9 Å². The number of rotatable bonds is 5. The third-order valence-electron chi connectivity index (χ3n) is 2.91. The van der Waals surface area contributed by atoms with Crippen molar-refractivity contribution in [3.05, 3.63) is 23.8 Å². The molecule has 1 aromatic carbocycles. The molecule has 0 saturated carbocycles. The van der Waals surface area contributed by atoms with Crippen LogP contribution in [0.15, 0.2) is 18.2 Å². The van der Waals surface area contributed by atoms with E-state index in [1.165, 1.54) is 6.26 Å². The van der Waals surface area contributed by atoms with Crippen molar-refractivity contribution in [1.82, 2.24) is 0 Å². The lowest BCUT2D eigenvalue weighted by Gasteiger charge is -2.17. The van der Waals surface area contributed by atoms with E-state index in [1.54, 1.807) is 6.07 Å². The summed E-state index contributed by atoms with van der Waals surface area (Å²) in [5.74, 6) is 0.783. The Morgan fingerprint density at radius 3 is 2.84 bits per heavy atom. The van der Waals surface area contributed by atoms with E-state index < -0.39 is 9.84 Å². The fourth-order valence-electron chi connectivity index (χ4n) is 1.95. The van der Waals surface area contributed by atoms with Gasteiger partial charge in [0.15, 0.2) is 0 Å². The third-order valence-corrected chi connectivity index (χ3v) is 3.94. The predicted molar refractivity (Wildman–Crippen MR) is 73.2 cm³/mol. The van der Waals surface area contributed by atoms with Crippen LogP contribution in [0.4, 0.5) is 5.69 Å². The fourth-order valence-corrected chi connectivity index (χ4v) is 2.59. The van der Waals surface area contributed by atoms with Gasteiger partial charge in [0.1, 0.15) is 15.6 Å². The molecule has 0 aliphatic carbocycles. The molecule has 0 fully saturated rings. The van der Waals surface area contributed by atoms with Gasteiger partial charge in [-0.1, -0.05) is 6.07 Å². The molecule has 6 heteroatoms. The number of anilines is 1. The quantitative estimate of drug-likeness (QED) is 0.829. The molecule has 1 N–H and O–H groups in total. The standard InChI is InChI=1S/C13H17NO4S/c1-19(16,17)8-2-7-18-11-5-3-10-4-6-13(15)14-12(10)9-11/h3,5,9H,2,4,6-8H2,1H3,(H,14,15). The van der Waals surface area contributed by atoms with Crippen LogP contribution in [0.2, 0.25) is 0 Å². The lowest BCUT2D eigenvalue weighted by molar-refractivity contribution is -0.116. The normalized spacial score (nSPS) is 14.7. The maximum atomic E-state index is 11.3. The molecule has 1 aliphatic heterocycles. The SMILES string of the molecule is CS(=O)(=O)CCCOc1ccc2c(c1)NC(=O)CC2. The molecule has 1 heterocycles. The molecule has 2 rings (SSSR count). The van der Waals surface area contributed by atoms with Gasteiger partial charge in [-0.25, -0.2) is 8.42 Å². The van der Waals surface area contributed by atoms with Crippen molar-refractivity contribution < 1.29 is 17.9 Å². The Labute approximate surface area is 112 Å². The first-order valence-corrected chi connectivity index (χ1v) is 8.23. The number of sulfone groups is 1. The minimum Gasteiger partial charge on any atom is -0.493 e. The zero-order valence-corrected chi connectivity index (χ0v) is 11.6. The van der Waals surface area contributed by atoms with Crippen molar-refractivity contribution in [3.8, 4) is 5.75 Å². The number of hydrogen-bond acceptors (Lipinski definition) is 4. The molecule has 0 unspecified atom stereocenters. The van der Waals surface area contributed by atoms with Crippen LogP contribution < -0.4 is 10.1 Å². The van der Waals surface area contributed by atoms with Gasteiger partial charge >= 0.3 is 0 Å². The molecule has 5 nitrogen and oxygen atoms in total. The molecule has 0 bridgehead atoms. The molecule has 0 saturated heterocycles. The van der Waals surface area contributed by atoms with E-state index in [0.29, 0.717) is 25.2 Å². The lowest BCUT2D eigenvalue weighted by Crippen LogP contribution is -2.18. The minimum atomic E-state index is -2.94. The van der Waals surface area contributed by atoms with Crippen LogP contribution in [0.3, 0.4) is 0 Å². The Morgan fingerprint density at radius 1 is 1.32 bits per heavy atom. The zero-order valence-electron chi connectivity index (χ0n) is 10.8. The fraction of sp³-hybridized carbons (Fsp3) is 0.462. The number of carbonyl (C=O) groups is 1. The minimum absolute atomic E-state index is 0.0155. The Balaban J connectivity index is 1.91. The topological polar surface area (TPSA) is 72.5 Å². The number of hydrogen-bond donors (Lipinski definition) is 1. The van der Waals surface area contributed by atoms with Crippen molar-refractivity contribution in [3.63, 3.8) is 0 Å². The average Bonchev–Trinajstić information content (AvgIpc) is 2.33. The second kappa shape index (κ2) is 5.61. The number of amides is 1. The molecule has 1 aromatic rings. The Bertz CT molecular complexity index is 580. The molecule has 1 amide bonds. The van der Waals surface area contributed by atoms with Gasteiger partial charge in [0.2, 0.25) is 5.91 Å². The van der Waals surface area contributed by atoms with Gasteiger partial charge in [-0.3, -0.25) is 4.79 Å². The van der Waals surface area contributed by atoms with E-state index >= 15 is 0 Å². The summed E-state index contributed by atoms with van der Waals surface area (Å²) in [6.45, 7) is 0.347. The van der Waals surface area contributed by atoms with E-state index in [9.17, 15) is 13.2 Å². The maximum absolute atomic E-state index is 11.3. The summed E-state index contributed by atoms with van der Waals surface area (Å²) >= 11 is 0. The van der Waals surface area contributed by atoms with Crippen LogP contribution in [0.5, 0.6) is 5.75 Å². The summed E-state index contributed by atoms with van der Waals surface area (Å²) in [5.41, 5.74) is 1.89. The van der Waals surface area contributed by atoms with Gasteiger partial charge in [0.25, 0.3) is 0 Å². The second-order valence-electron chi connectivity index (χ2n) is 4.70. The maximum Gasteiger partial charge on any atom is 0.224 e. The first kappa shape index (κ1) is 13.9. The predicted octanol–water partition coefficient (Wildman–Crippen LogP) is 1.38. The van der Waals surface area contributed by atoms with E-state index in [1.807, 2.05) is 12.1 Å². The van der Waals surface area contributed by atoms with Crippen LogP contribution >= 0.6 is 0 Å². The van der Waals surface area contributed by atoms with Crippen molar-refractivity contribution in [2.24, 2.45) is 0 Å². The van der Waals surface area contributed by atoms with Crippen molar-refractivity contribution >= 4 is 21.4 Å². The molecular weight excluding hydrogens is 266 g/mol. The highest BCUT2D eigenvalue weighted by atomic mass is 32.2. The molecule has 0 spiro atoms. The van der Waals surface area contributed by atoms with E-state index in [4.69, 9.17) is 4.74 Å². The summed E-state index contributed by atoms with van der Waals surface area (Å²) < 4.78 is 27.4. The Kier molecular flexibility index (Phi) is 4.09. The lowest BCUT2D eigenvalue weighted by atomic mass is 10.0. The van der Waals surface area contributed by atoms with Gasteiger partial charge in [-0.2, -0.15) is 0 Å². The van der Waals surface area contributed by atoms with Crippen LogP contribution in [0, 0.1) is 0 Å². The van der Waals surface area contributed by atoms with Crippen molar-refractivity contribution in [2.45, 2.75) is 19.3 Å².